The lowest BCUT2D eigenvalue weighted by Crippen LogP contribution is -2.25. The normalized spacial score (nSPS) is 12.2. The Labute approximate surface area is 179 Å². The fraction of sp³-hybridized carbons (Fsp3) is 0.278. The van der Waals surface area contributed by atoms with Gasteiger partial charge in [0.15, 0.2) is 5.16 Å². The van der Waals surface area contributed by atoms with Crippen molar-refractivity contribution < 1.29 is 9.72 Å². The van der Waals surface area contributed by atoms with Crippen LogP contribution in [0.3, 0.4) is 0 Å². The second-order valence-corrected chi connectivity index (χ2v) is 9.31. The van der Waals surface area contributed by atoms with Crippen LogP contribution in [0.1, 0.15) is 17.4 Å². The summed E-state index contributed by atoms with van der Waals surface area (Å²) in [5.74, 6) is -0.362. The van der Waals surface area contributed by atoms with E-state index in [1.165, 1.54) is 34.1 Å². The van der Waals surface area contributed by atoms with Crippen molar-refractivity contribution in [2.24, 2.45) is 7.05 Å². The van der Waals surface area contributed by atoms with Crippen LogP contribution in [-0.2, 0) is 11.8 Å². The minimum atomic E-state index is -0.584. The molecular weight excluding hydrogens is 436 g/mol. The average Bonchev–Trinajstić information content (AvgIpc) is 2.94. The lowest BCUT2D eigenvalue weighted by atomic mass is 10.2. The molecule has 1 unspecified atom stereocenters. The highest BCUT2D eigenvalue weighted by molar-refractivity contribution is 8.00. The molecule has 0 radical (unpaired) electrons. The first-order chi connectivity index (χ1) is 13.6. The van der Waals surface area contributed by atoms with E-state index in [0.717, 1.165) is 22.2 Å². The Kier molecular flexibility index (Phi) is 5.97. The molecule has 0 aliphatic carbocycles. The lowest BCUT2D eigenvalue weighted by molar-refractivity contribution is -0.384. The van der Waals surface area contributed by atoms with Gasteiger partial charge in [-0.2, -0.15) is 0 Å². The first-order valence-corrected chi connectivity index (χ1v) is 10.6. The van der Waals surface area contributed by atoms with E-state index < -0.39 is 10.2 Å². The van der Waals surface area contributed by atoms with E-state index >= 15 is 0 Å². The van der Waals surface area contributed by atoms with Crippen molar-refractivity contribution in [3.63, 3.8) is 0 Å². The van der Waals surface area contributed by atoms with E-state index in [1.54, 1.807) is 14.0 Å². The highest BCUT2D eigenvalue weighted by atomic mass is 35.5. The minimum Gasteiger partial charge on any atom is -0.324 e. The molecule has 3 aromatic rings. The number of amides is 1. The maximum absolute atomic E-state index is 12.7. The maximum atomic E-state index is 12.7. The van der Waals surface area contributed by atoms with E-state index in [2.05, 4.69) is 10.3 Å². The SMILES string of the molecule is Cc1sc2nc(SC(C)C(=O)Nc3ccc([N+](=O)[O-])cc3Cl)n(C)c(=O)c2c1C. The number of hydrogen-bond donors (Lipinski definition) is 1. The van der Waals surface area contributed by atoms with Crippen LogP contribution in [0.4, 0.5) is 11.4 Å². The number of rotatable bonds is 5. The van der Waals surface area contributed by atoms with Crippen molar-refractivity contribution in [3.8, 4) is 0 Å². The molecule has 0 aliphatic heterocycles. The summed E-state index contributed by atoms with van der Waals surface area (Å²) in [5.41, 5.74) is 0.889. The number of carbonyl (C=O) groups excluding carboxylic acids is 1. The zero-order valence-electron chi connectivity index (χ0n) is 16.0. The summed E-state index contributed by atoms with van der Waals surface area (Å²) < 4.78 is 1.44. The van der Waals surface area contributed by atoms with Crippen LogP contribution in [0.15, 0.2) is 28.2 Å². The quantitative estimate of drug-likeness (QED) is 0.268. The molecule has 1 N–H and O–H groups in total. The summed E-state index contributed by atoms with van der Waals surface area (Å²) in [4.78, 5) is 41.7. The molecule has 2 heterocycles. The summed E-state index contributed by atoms with van der Waals surface area (Å²) in [7, 11) is 1.63. The summed E-state index contributed by atoms with van der Waals surface area (Å²) in [6.07, 6.45) is 0. The molecule has 0 fully saturated rings. The Morgan fingerprint density at radius 3 is 2.72 bits per heavy atom. The predicted molar refractivity (Wildman–Crippen MR) is 116 cm³/mol. The number of fused-ring (bicyclic) bond motifs is 1. The number of aromatic nitrogens is 2. The van der Waals surface area contributed by atoms with Gasteiger partial charge < -0.3 is 5.32 Å². The molecule has 0 saturated carbocycles. The first-order valence-electron chi connectivity index (χ1n) is 8.48. The molecule has 3 rings (SSSR count). The Hall–Kier alpha value is -2.43. The second-order valence-electron chi connectivity index (χ2n) is 6.39. The van der Waals surface area contributed by atoms with E-state index in [9.17, 15) is 19.7 Å². The number of nitro benzene ring substituents is 1. The van der Waals surface area contributed by atoms with Gasteiger partial charge in [0.2, 0.25) is 5.91 Å². The molecule has 2 aromatic heterocycles. The number of non-ortho nitro benzene ring substituents is 1. The topological polar surface area (TPSA) is 107 Å². The summed E-state index contributed by atoms with van der Waals surface area (Å²) in [5, 5.41) is 14.0. The van der Waals surface area contributed by atoms with Crippen LogP contribution >= 0.6 is 34.7 Å². The third-order valence-corrected chi connectivity index (χ3v) is 7.00. The van der Waals surface area contributed by atoms with E-state index in [-0.39, 0.29) is 27.9 Å². The highest BCUT2D eigenvalue weighted by Gasteiger charge is 2.21. The standard InChI is InChI=1S/C18H17ClN4O4S2/c1-8-9(2)28-16-14(8)17(25)22(4)18(21-16)29-10(3)15(24)20-13-6-5-11(23(26)27)7-12(13)19/h5-7,10H,1-4H3,(H,20,24). The zero-order chi connectivity index (χ0) is 21.5. The number of aryl methyl sites for hydroxylation is 2. The number of nitrogens with one attached hydrogen (secondary N) is 1. The number of halogens is 1. The van der Waals surface area contributed by atoms with E-state index in [1.807, 2.05) is 13.8 Å². The van der Waals surface area contributed by atoms with Gasteiger partial charge in [0, 0.05) is 24.1 Å². The number of carbonyl (C=O) groups is 1. The third kappa shape index (κ3) is 4.14. The Bertz CT molecular complexity index is 1200. The van der Waals surface area contributed by atoms with Gasteiger partial charge >= 0.3 is 0 Å². The molecule has 0 saturated heterocycles. The van der Waals surface area contributed by atoms with Crippen LogP contribution < -0.4 is 10.9 Å². The Balaban J connectivity index is 1.82. The van der Waals surface area contributed by atoms with Crippen LogP contribution in [-0.4, -0.2) is 25.6 Å². The van der Waals surface area contributed by atoms with Gasteiger partial charge in [0.1, 0.15) is 4.83 Å². The third-order valence-electron chi connectivity index (χ3n) is 4.44. The van der Waals surface area contributed by atoms with Crippen molar-refractivity contribution in [3.05, 3.63) is 54.1 Å². The average molecular weight is 453 g/mol. The van der Waals surface area contributed by atoms with Gasteiger partial charge in [-0.25, -0.2) is 4.98 Å². The smallest absolute Gasteiger partial charge is 0.271 e. The molecule has 0 spiro atoms. The van der Waals surface area contributed by atoms with Crippen molar-refractivity contribution in [1.29, 1.82) is 0 Å². The van der Waals surface area contributed by atoms with E-state index in [4.69, 9.17) is 11.6 Å². The van der Waals surface area contributed by atoms with Gasteiger partial charge in [0.25, 0.3) is 11.2 Å². The van der Waals surface area contributed by atoms with Crippen LogP contribution in [0.2, 0.25) is 5.02 Å². The van der Waals surface area contributed by atoms with Gasteiger partial charge in [0.05, 0.1) is 26.3 Å². The molecule has 1 atom stereocenters. The fourth-order valence-corrected chi connectivity index (χ4v) is 4.79. The number of nitro groups is 1. The van der Waals surface area contributed by atoms with Crippen LogP contribution in [0.5, 0.6) is 0 Å². The maximum Gasteiger partial charge on any atom is 0.271 e. The number of thioether (sulfide) groups is 1. The molecule has 1 aromatic carbocycles. The van der Waals surface area contributed by atoms with Crippen LogP contribution in [0, 0.1) is 24.0 Å². The Morgan fingerprint density at radius 2 is 2.10 bits per heavy atom. The van der Waals surface area contributed by atoms with Crippen LogP contribution in [0.25, 0.3) is 10.2 Å². The van der Waals surface area contributed by atoms with E-state index in [0.29, 0.717) is 15.4 Å². The molecule has 152 valence electrons. The van der Waals surface area contributed by atoms with Gasteiger partial charge in [-0.3, -0.25) is 24.3 Å². The monoisotopic (exact) mass is 452 g/mol. The summed E-state index contributed by atoms with van der Waals surface area (Å²) >= 11 is 8.63. The fourth-order valence-electron chi connectivity index (χ4n) is 2.63. The molecule has 0 aliphatic rings. The van der Waals surface area contributed by atoms with Crippen molar-refractivity contribution in [2.45, 2.75) is 31.2 Å². The number of anilines is 1. The van der Waals surface area contributed by atoms with Crippen molar-refractivity contribution >= 4 is 62.2 Å². The number of hydrogen-bond acceptors (Lipinski definition) is 7. The lowest BCUT2D eigenvalue weighted by Gasteiger charge is -2.14. The zero-order valence-corrected chi connectivity index (χ0v) is 18.4. The van der Waals surface area contributed by atoms with Crippen molar-refractivity contribution in [2.75, 3.05) is 5.32 Å². The largest absolute Gasteiger partial charge is 0.324 e. The Morgan fingerprint density at radius 1 is 1.41 bits per heavy atom. The first kappa shape index (κ1) is 21.3. The molecular formula is C18H17ClN4O4S2. The van der Waals surface area contributed by atoms with Crippen molar-refractivity contribution in [1.82, 2.24) is 9.55 Å². The second kappa shape index (κ2) is 8.13. The number of benzene rings is 1. The molecule has 8 nitrogen and oxygen atoms in total. The summed E-state index contributed by atoms with van der Waals surface area (Å²) in [6, 6.07) is 3.82. The van der Waals surface area contributed by atoms with Gasteiger partial charge in [-0.15, -0.1) is 11.3 Å². The van der Waals surface area contributed by atoms with Gasteiger partial charge in [-0.1, -0.05) is 23.4 Å². The minimum absolute atomic E-state index is 0.0706. The number of thiophene rings is 1. The molecule has 29 heavy (non-hydrogen) atoms. The predicted octanol–water partition coefficient (Wildman–Crippen LogP) is 4.29. The number of nitrogens with zero attached hydrogens (tertiary/aromatic N) is 3. The molecule has 1 amide bonds. The summed E-state index contributed by atoms with van der Waals surface area (Å²) in [6.45, 7) is 5.52. The molecule has 11 heteroatoms. The van der Waals surface area contributed by atoms with Gasteiger partial charge in [-0.05, 0) is 32.4 Å². The highest BCUT2D eigenvalue weighted by Crippen LogP contribution is 2.31. The molecule has 0 bridgehead atoms.